The minimum Gasteiger partial charge on any atom is -0.465 e. The fraction of sp³-hybridized carbons (Fsp3) is 0.125. The van der Waals surface area contributed by atoms with Crippen LogP contribution in [-0.4, -0.2) is 17.6 Å². The van der Waals surface area contributed by atoms with E-state index in [9.17, 15) is 9.59 Å². The van der Waals surface area contributed by atoms with E-state index < -0.39 is 11.7 Å². The van der Waals surface area contributed by atoms with E-state index >= 15 is 0 Å². The maximum absolute atomic E-state index is 12.1. The molecule has 1 heterocycles. The first-order valence-corrected chi connectivity index (χ1v) is 7.41. The zero-order valence-electron chi connectivity index (χ0n) is 12.0. The molecule has 3 aromatic rings. The van der Waals surface area contributed by atoms with Crippen LogP contribution in [0.4, 0.5) is 0 Å². The van der Waals surface area contributed by atoms with Gasteiger partial charge in [-0.3, -0.25) is 4.57 Å². The molecule has 0 radical (unpaired) electrons. The Kier molecular flexibility index (Phi) is 4.15. The minimum atomic E-state index is -0.557. The number of nitrogens with zero attached hydrogens (tertiary/aromatic N) is 1. The number of halogens is 2. The Morgan fingerprint density at radius 1 is 1.22 bits per heavy atom. The van der Waals surface area contributed by atoms with E-state index in [1.165, 1.54) is 17.7 Å². The fourth-order valence-electron chi connectivity index (χ4n) is 2.30. The lowest BCUT2D eigenvalue weighted by Gasteiger charge is -2.07. The van der Waals surface area contributed by atoms with Crippen LogP contribution in [0.3, 0.4) is 0 Å². The third-order valence-electron chi connectivity index (χ3n) is 3.47. The third kappa shape index (κ3) is 2.85. The number of carbonyl (C=O) groups excluding carboxylic acids is 1. The average Bonchev–Trinajstić information content (AvgIpc) is 2.84. The number of hydrogen-bond acceptors (Lipinski definition) is 4. The monoisotopic (exact) mass is 351 g/mol. The van der Waals surface area contributed by atoms with E-state index in [1.807, 2.05) is 0 Å². The normalized spacial score (nSPS) is 10.9. The Hall–Kier alpha value is -2.24. The van der Waals surface area contributed by atoms with Crippen LogP contribution >= 0.6 is 23.2 Å². The van der Waals surface area contributed by atoms with Gasteiger partial charge in [0.25, 0.3) is 0 Å². The van der Waals surface area contributed by atoms with E-state index in [-0.39, 0.29) is 6.54 Å². The second kappa shape index (κ2) is 6.10. The highest BCUT2D eigenvalue weighted by Crippen LogP contribution is 2.26. The van der Waals surface area contributed by atoms with Crippen molar-refractivity contribution in [1.82, 2.24) is 4.57 Å². The molecule has 0 saturated carbocycles. The number of fused-ring (bicyclic) bond motifs is 1. The topological polar surface area (TPSA) is 61.4 Å². The Bertz CT molecular complexity index is 938. The lowest BCUT2D eigenvalue weighted by atomic mass is 10.2. The van der Waals surface area contributed by atoms with Gasteiger partial charge in [0.2, 0.25) is 0 Å². The van der Waals surface area contributed by atoms with E-state index in [4.69, 9.17) is 27.6 Å². The number of rotatable bonds is 3. The van der Waals surface area contributed by atoms with Crippen LogP contribution in [0.1, 0.15) is 15.9 Å². The number of hydrogen-bond donors (Lipinski definition) is 0. The van der Waals surface area contributed by atoms with Gasteiger partial charge in [-0.1, -0.05) is 29.3 Å². The maximum Gasteiger partial charge on any atom is 0.420 e. The quantitative estimate of drug-likeness (QED) is 0.674. The molecule has 118 valence electrons. The molecule has 0 saturated heterocycles. The molecule has 2 aromatic carbocycles. The van der Waals surface area contributed by atoms with Crippen molar-refractivity contribution in [3.63, 3.8) is 0 Å². The SMILES string of the molecule is COC(=O)c1ccc2c(c1)oc(=O)n2Cc1c(Cl)cccc1Cl. The smallest absolute Gasteiger partial charge is 0.420 e. The lowest BCUT2D eigenvalue weighted by molar-refractivity contribution is 0.0601. The van der Waals surface area contributed by atoms with Gasteiger partial charge in [0.1, 0.15) is 0 Å². The third-order valence-corrected chi connectivity index (χ3v) is 4.18. The molecule has 3 rings (SSSR count). The first kappa shape index (κ1) is 15.6. The number of oxazole rings is 1. The zero-order chi connectivity index (χ0) is 16.6. The summed E-state index contributed by atoms with van der Waals surface area (Å²) in [6.45, 7) is 0.169. The minimum absolute atomic E-state index is 0.169. The summed E-state index contributed by atoms with van der Waals surface area (Å²) in [5.74, 6) is -1.06. The molecule has 0 atom stereocenters. The van der Waals surface area contributed by atoms with Gasteiger partial charge in [0, 0.05) is 15.6 Å². The fourth-order valence-corrected chi connectivity index (χ4v) is 2.82. The molecule has 0 amide bonds. The molecule has 0 bridgehead atoms. The molecule has 0 N–H and O–H groups in total. The van der Waals surface area contributed by atoms with E-state index in [0.29, 0.717) is 32.3 Å². The molecule has 0 unspecified atom stereocenters. The summed E-state index contributed by atoms with van der Waals surface area (Å²) in [5.41, 5.74) is 1.76. The number of methoxy groups -OCH3 is 1. The summed E-state index contributed by atoms with van der Waals surface area (Å²) in [4.78, 5) is 23.7. The van der Waals surface area contributed by atoms with Crippen molar-refractivity contribution in [1.29, 1.82) is 0 Å². The van der Waals surface area contributed by atoms with Crippen LogP contribution in [0.5, 0.6) is 0 Å². The van der Waals surface area contributed by atoms with Gasteiger partial charge in [0.15, 0.2) is 5.58 Å². The molecule has 0 aliphatic carbocycles. The van der Waals surface area contributed by atoms with Gasteiger partial charge in [-0.25, -0.2) is 9.59 Å². The molecule has 23 heavy (non-hydrogen) atoms. The van der Waals surface area contributed by atoms with E-state index in [0.717, 1.165) is 0 Å². The highest BCUT2D eigenvalue weighted by Gasteiger charge is 2.15. The first-order chi connectivity index (χ1) is 11.0. The number of carbonyl (C=O) groups is 1. The van der Waals surface area contributed by atoms with Gasteiger partial charge < -0.3 is 9.15 Å². The van der Waals surface area contributed by atoms with Crippen LogP contribution in [0.25, 0.3) is 11.1 Å². The van der Waals surface area contributed by atoms with E-state index in [1.54, 1.807) is 30.3 Å². The average molecular weight is 352 g/mol. The Labute approximate surface area is 141 Å². The summed E-state index contributed by atoms with van der Waals surface area (Å²) >= 11 is 12.3. The van der Waals surface area contributed by atoms with Crippen LogP contribution in [-0.2, 0) is 11.3 Å². The van der Waals surface area contributed by atoms with Gasteiger partial charge >= 0.3 is 11.7 Å². The Morgan fingerprint density at radius 2 is 1.91 bits per heavy atom. The van der Waals surface area contributed by atoms with Crippen LogP contribution in [0, 0.1) is 0 Å². The zero-order valence-corrected chi connectivity index (χ0v) is 13.5. The molecule has 7 heteroatoms. The van der Waals surface area contributed by atoms with Crippen LogP contribution < -0.4 is 5.76 Å². The largest absolute Gasteiger partial charge is 0.465 e. The summed E-state index contributed by atoms with van der Waals surface area (Å²) < 4.78 is 11.3. The number of esters is 1. The van der Waals surface area contributed by atoms with E-state index in [2.05, 4.69) is 4.74 Å². The molecule has 0 aliphatic heterocycles. The van der Waals surface area contributed by atoms with Gasteiger partial charge in [0.05, 0.1) is 24.7 Å². The van der Waals surface area contributed by atoms with Crippen molar-refractivity contribution in [2.45, 2.75) is 6.54 Å². The Morgan fingerprint density at radius 3 is 2.57 bits per heavy atom. The standard InChI is InChI=1S/C16H11Cl2NO4/c1-22-15(20)9-5-6-13-14(7-9)23-16(21)19(13)8-10-11(17)3-2-4-12(10)18/h2-7H,8H2,1H3. The molecule has 5 nitrogen and oxygen atoms in total. The maximum atomic E-state index is 12.1. The molecule has 0 spiro atoms. The summed E-state index contributed by atoms with van der Waals surface area (Å²) in [6, 6.07) is 9.78. The first-order valence-electron chi connectivity index (χ1n) is 6.66. The van der Waals surface area contributed by atoms with Gasteiger partial charge in [-0.2, -0.15) is 0 Å². The number of benzene rings is 2. The van der Waals surface area contributed by atoms with Crippen molar-refractivity contribution in [2.24, 2.45) is 0 Å². The lowest BCUT2D eigenvalue weighted by Crippen LogP contribution is -2.15. The number of aromatic nitrogens is 1. The number of ether oxygens (including phenoxy) is 1. The molecular formula is C16H11Cl2NO4. The highest BCUT2D eigenvalue weighted by atomic mass is 35.5. The molecule has 0 aliphatic rings. The van der Waals surface area contributed by atoms with Gasteiger partial charge in [-0.05, 0) is 30.3 Å². The second-order valence-corrected chi connectivity index (χ2v) is 5.64. The predicted octanol–water partition coefficient (Wildman–Crippen LogP) is 3.74. The van der Waals surface area contributed by atoms with Crippen molar-refractivity contribution in [2.75, 3.05) is 7.11 Å². The second-order valence-electron chi connectivity index (χ2n) is 4.83. The van der Waals surface area contributed by atoms with Gasteiger partial charge in [-0.15, -0.1) is 0 Å². The molecular weight excluding hydrogens is 341 g/mol. The summed E-state index contributed by atoms with van der Waals surface area (Å²) in [6.07, 6.45) is 0. The van der Waals surface area contributed by atoms with Crippen molar-refractivity contribution < 1.29 is 13.9 Å². The predicted molar refractivity (Wildman–Crippen MR) is 87.4 cm³/mol. The Balaban J connectivity index is 2.10. The van der Waals surface area contributed by atoms with Crippen molar-refractivity contribution in [3.05, 3.63) is 68.1 Å². The van der Waals surface area contributed by atoms with Crippen molar-refractivity contribution >= 4 is 40.3 Å². The van der Waals surface area contributed by atoms with Crippen LogP contribution in [0.2, 0.25) is 10.0 Å². The van der Waals surface area contributed by atoms with Crippen LogP contribution in [0.15, 0.2) is 45.6 Å². The molecule has 0 fully saturated rings. The van der Waals surface area contributed by atoms with Crippen molar-refractivity contribution in [3.8, 4) is 0 Å². The summed E-state index contributed by atoms with van der Waals surface area (Å²) in [5, 5.41) is 0.926. The molecule has 1 aromatic heterocycles. The highest BCUT2D eigenvalue weighted by molar-refractivity contribution is 6.36. The summed E-state index contributed by atoms with van der Waals surface area (Å²) in [7, 11) is 1.28.